The number of nitrogens with one attached hydrogen (secondary N) is 1. The van der Waals surface area contributed by atoms with Crippen molar-refractivity contribution in [2.75, 3.05) is 5.32 Å². The summed E-state index contributed by atoms with van der Waals surface area (Å²) in [4.78, 5) is 21.6. The molecule has 1 aromatic carbocycles. The van der Waals surface area contributed by atoms with Gasteiger partial charge in [-0.25, -0.2) is 4.98 Å². The summed E-state index contributed by atoms with van der Waals surface area (Å²) in [7, 11) is 0. The minimum absolute atomic E-state index is 0.0259. The van der Waals surface area contributed by atoms with E-state index in [2.05, 4.69) is 25.9 Å². The summed E-state index contributed by atoms with van der Waals surface area (Å²) in [6.07, 6.45) is 5.39. The standard InChI is InChI=1S/C21H21N5O/c1-14(17-7-2-3-10-23-17)11-20(27)25-21-24-18-9-8-15(13-22)12-19(18)26(21)16-5-4-6-16/h2-3,7-10,12,14,16H,4-6,11H2,1H3,(H,24,25,27)/t14-/m1/s1. The van der Waals surface area contributed by atoms with Gasteiger partial charge in [-0.3, -0.25) is 15.1 Å². The molecule has 6 heteroatoms. The number of carbonyl (C=O) groups is 1. The third-order valence-corrected chi connectivity index (χ3v) is 5.19. The third-order valence-electron chi connectivity index (χ3n) is 5.19. The predicted octanol–water partition coefficient (Wildman–Crippen LogP) is 4.16. The highest BCUT2D eigenvalue weighted by Crippen LogP contribution is 2.37. The molecule has 1 amide bonds. The number of carbonyl (C=O) groups excluding carboxylic acids is 1. The Balaban J connectivity index is 1.59. The van der Waals surface area contributed by atoms with E-state index in [1.54, 1.807) is 12.3 Å². The maximum Gasteiger partial charge on any atom is 0.227 e. The molecular formula is C21H21N5O. The summed E-state index contributed by atoms with van der Waals surface area (Å²) in [5, 5.41) is 12.2. The average Bonchev–Trinajstić information content (AvgIpc) is 2.98. The first-order valence-electron chi connectivity index (χ1n) is 9.28. The number of anilines is 1. The second-order valence-electron chi connectivity index (χ2n) is 7.11. The summed E-state index contributed by atoms with van der Waals surface area (Å²) in [5.74, 6) is 0.519. The Kier molecular flexibility index (Phi) is 4.59. The maximum absolute atomic E-state index is 12.6. The molecule has 0 saturated heterocycles. The highest BCUT2D eigenvalue weighted by molar-refractivity contribution is 5.92. The highest BCUT2D eigenvalue weighted by Gasteiger charge is 2.26. The van der Waals surface area contributed by atoms with Crippen molar-refractivity contribution in [3.8, 4) is 6.07 Å². The van der Waals surface area contributed by atoms with Crippen molar-refractivity contribution in [2.45, 2.75) is 44.6 Å². The highest BCUT2D eigenvalue weighted by atomic mass is 16.1. The number of fused-ring (bicyclic) bond motifs is 1. The molecule has 1 saturated carbocycles. The van der Waals surface area contributed by atoms with Gasteiger partial charge in [-0.2, -0.15) is 5.26 Å². The smallest absolute Gasteiger partial charge is 0.227 e. The van der Waals surface area contributed by atoms with Crippen molar-refractivity contribution < 1.29 is 4.79 Å². The first-order chi connectivity index (χ1) is 13.2. The molecule has 4 rings (SSSR count). The van der Waals surface area contributed by atoms with E-state index in [4.69, 9.17) is 0 Å². The number of amides is 1. The molecule has 1 atom stereocenters. The molecule has 1 aliphatic carbocycles. The van der Waals surface area contributed by atoms with Crippen LogP contribution in [0.5, 0.6) is 0 Å². The van der Waals surface area contributed by atoms with E-state index in [9.17, 15) is 10.1 Å². The van der Waals surface area contributed by atoms with E-state index in [-0.39, 0.29) is 11.8 Å². The Bertz CT molecular complexity index is 1010. The summed E-state index contributed by atoms with van der Waals surface area (Å²) in [6, 6.07) is 13.7. The number of rotatable bonds is 5. The summed E-state index contributed by atoms with van der Waals surface area (Å²) in [6.45, 7) is 2.00. The summed E-state index contributed by atoms with van der Waals surface area (Å²) in [5.41, 5.74) is 3.21. The van der Waals surface area contributed by atoms with Crippen LogP contribution in [0.3, 0.4) is 0 Å². The monoisotopic (exact) mass is 359 g/mol. The van der Waals surface area contributed by atoms with Crippen molar-refractivity contribution in [3.05, 3.63) is 53.9 Å². The molecule has 1 aliphatic rings. The first kappa shape index (κ1) is 17.2. The molecule has 2 heterocycles. The normalized spacial score (nSPS) is 15.1. The minimum Gasteiger partial charge on any atom is -0.307 e. The predicted molar refractivity (Wildman–Crippen MR) is 103 cm³/mol. The molecule has 0 unspecified atom stereocenters. The number of aromatic nitrogens is 3. The zero-order chi connectivity index (χ0) is 18.8. The van der Waals surface area contributed by atoms with Crippen LogP contribution < -0.4 is 5.32 Å². The molecule has 1 fully saturated rings. The van der Waals surface area contributed by atoms with Crippen LogP contribution in [0, 0.1) is 11.3 Å². The van der Waals surface area contributed by atoms with Crippen LogP contribution in [-0.4, -0.2) is 20.4 Å². The van der Waals surface area contributed by atoms with Gasteiger partial charge in [-0.15, -0.1) is 0 Å². The fourth-order valence-corrected chi connectivity index (χ4v) is 3.49. The molecule has 2 aromatic heterocycles. The molecule has 27 heavy (non-hydrogen) atoms. The maximum atomic E-state index is 12.6. The Morgan fingerprint density at radius 3 is 2.89 bits per heavy atom. The van der Waals surface area contributed by atoms with Crippen molar-refractivity contribution >= 4 is 22.9 Å². The fraction of sp³-hybridized carbons (Fsp3) is 0.333. The van der Waals surface area contributed by atoms with E-state index in [0.29, 0.717) is 24.0 Å². The Labute approximate surface area is 157 Å². The van der Waals surface area contributed by atoms with Crippen LogP contribution in [-0.2, 0) is 4.79 Å². The van der Waals surface area contributed by atoms with Gasteiger partial charge in [-0.1, -0.05) is 13.0 Å². The molecular weight excluding hydrogens is 338 g/mol. The van der Waals surface area contributed by atoms with E-state index in [0.717, 1.165) is 29.6 Å². The molecule has 0 aliphatic heterocycles. The first-order valence-corrected chi connectivity index (χ1v) is 9.28. The number of imidazole rings is 1. The van der Waals surface area contributed by atoms with E-state index >= 15 is 0 Å². The lowest BCUT2D eigenvalue weighted by Gasteiger charge is -2.29. The third kappa shape index (κ3) is 3.41. The van der Waals surface area contributed by atoms with E-state index in [1.165, 1.54) is 6.42 Å². The largest absolute Gasteiger partial charge is 0.307 e. The van der Waals surface area contributed by atoms with Crippen molar-refractivity contribution in [2.24, 2.45) is 0 Å². The Hall–Kier alpha value is -3.20. The SMILES string of the molecule is C[C@H](CC(=O)Nc1nc2ccc(C#N)cc2n1C1CCC1)c1ccccn1. The Morgan fingerprint density at radius 1 is 1.37 bits per heavy atom. The zero-order valence-electron chi connectivity index (χ0n) is 15.2. The van der Waals surface area contributed by atoms with Gasteiger partial charge in [0.25, 0.3) is 0 Å². The number of hydrogen-bond donors (Lipinski definition) is 1. The van der Waals surface area contributed by atoms with Crippen LogP contribution >= 0.6 is 0 Å². The quantitative estimate of drug-likeness (QED) is 0.741. The van der Waals surface area contributed by atoms with Crippen molar-refractivity contribution in [3.63, 3.8) is 0 Å². The molecule has 0 radical (unpaired) electrons. The second-order valence-corrected chi connectivity index (χ2v) is 7.11. The van der Waals surface area contributed by atoms with Gasteiger partial charge >= 0.3 is 0 Å². The number of pyridine rings is 1. The summed E-state index contributed by atoms with van der Waals surface area (Å²) >= 11 is 0. The van der Waals surface area contributed by atoms with Gasteiger partial charge in [0, 0.05) is 30.3 Å². The number of benzene rings is 1. The zero-order valence-corrected chi connectivity index (χ0v) is 15.2. The molecule has 0 bridgehead atoms. The second kappa shape index (κ2) is 7.20. The minimum atomic E-state index is -0.0791. The lowest BCUT2D eigenvalue weighted by molar-refractivity contribution is -0.116. The number of hydrogen-bond acceptors (Lipinski definition) is 4. The molecule has 6 nitrogen and oxygen atoms in total. The summed E-state index contributed by atoms with van der Waals surface area (Å²) < 4.78 is 2.09. The van der Waals surface area contributed by atoms with Gasteiger partial charge in [0.15, 0.2) is 0 Å². The molecule has 1 N–H and O–H groups in total. The number of nitrogens with zero attached hydrogens (tertiary/aromatic N) is 4. The lowest BCUT2D eigenvalue weighted by atomic mass is 9.92. The molecule has 3 aromatic rings. The topological polar surface area (TPSA) is 83.6 Å². The van der Waals surface area contributed by atoms with Gasteiger partial charge < -0.3 is 4.57 Å². The van der Waals surface area contributed by atoms with Crippen LogP contribution in [0.4, 0.5) is 5.95 Å². The van der Waals surface area contributed by atoms with E-state index < -0.39 is 0 Å². The fourth-order valence-electron chi connectivity index (χ4n) is 3.49. The van der Waals surface area contributed by atoms with Crippen LogP contribution in [0.2, 0.25) is 0 Å². The Morgan fingerprint density at radius 2 is 2.22 bits per heavy atom. The molecule has 136 valence electrons. The van der Waals surface area contributed by atoms with Gasteiger partial charge in [0.2, 0.25) is 11.9 Å². The number of nitriles is 1. The van der Waals surface area contributed by atoms with Crippen LogP contribution in [0.1, 0.15) is 55.8 Å². The van der Waals surface area contributed by atoms with Crippen molar-refractivity contribution in [1.29, 1.82) is 5.26 Å². The molecule has 0 spiro atoms. The van der Waals surface area contributed by atoms with E-state index in [1.807, 2.05) is 37.3 Å². The van der Waals surface area contributed by atoms with Crippen LogP contribution in [0.15, 0.2) is 42.6 Å². The van der Waals surface area contributed by atoms with Crippen molar-refractivity contribution in [1.82, 2.24) is 14.5 Å². The van der Waals surface area contributed by atoms with Gasteiger partial charge in [-0.05, 0) is 49.6 Å². The van der Waals surface area contributed by atoms with Gasteiger partial charge in [0.05, 0.1) is 22.7 Å². The van der Waals surface area contributed by atoms with Crippen LogP contribution in [0.25, 0.3) is 11.0 Å². The lowest BCUT2D eigenvalue weighted by Crippen LogP contribution is -2.22. The average molecular weight is 359 g/mol. The van der Waals surface area contributed by atoms with Gasteiger partial charge in [0.1, 0.15) is 0 Å².